The SMILES string of the molecule is CC1(C#Cc2cc3[nH]ncc3cc2Br)CCOCC1. The molecule has 0 saturated carbocycles. The lowest BCUT2D eigenvalue weighted by Crippen LogP contribution is -2.24. The number of nitrogens with one attached hydrogen (secondary N) is 1. The van der Waals surface area contributed by atoms with Gasteiger partial charge < -0.3 is 4.74 Å². The minimum absolute atomic E-state index is 0.0701. The monoisotopic (exact) mass is 318 g/mol. The Kier molecular flexibility index (Phi) is 3.34. The van der Waals surface area contributed by atoms with Crippen molar-refractivity contribution in [1.82, 2.24) is 10.2 Å². The van der Waals surface area contributed by atoms with Crippen LogP contribution in [0.4, 0.5) is 0 Å². The molecule has 0 spiro atoms. The van der Waals surface area contributed by atoms with Crippen molar-refractivity contribution in [2.24, 2.45) is 5.41 Å². The molecule has 1 fully saturated rings. The van der Waals surface area contributed by atoms with Crippen molar-refractivity contribution < 1.29 is 4.74 Å². The number of halogens is 1. The summed E-state index contributed by atoms with van der Waals surface area (Å²) in [6.45, 7) is 3.84. The summed E-state index contributed by atoms with van der Waals surface area (Å²) in [5, 5.41) is 8.10. The molecule has 0 unspecified atom stereocenters. The summed E-state index contributed by atoms with van der Waals surface area (Å²) >= 11 is 3.58. The third-order valence-electron chi connectivity index (χ3n) is 3.62. The number of hydrogen-bond acceptors (Lipinski definition) is 2. The van der Waals surface area contributed by atoms with Gasteiger partial charge in [0.25, 0.3) is 0 Å². The van der Waals surface area contributed by atoms with E-state index < -0.39 is 0 Å². The number of benzene rings is 1. The maximum Gasteiger partial charge on any atom is 0.0663 e. The molecule has 1 aromatic carbocycles. The van der Waals surface area contributed by atoms with Crippen molar-refractivity contribution in [2.75, 3.05) is 13.2 Å². The number of aromatic amines is 1. The molecule has 0 amide bonds. The number of rotatable bonds is 0. The van der Waals surface area contributed by atoms with Crippen LogP contribution < -0.4 is 0 Å². The van der Waals surface area contributed by atoms with E-state index in [1.165, 1.54) is 0 Å². The summed E-state index contributed by atoms with van der Waals surface area (Å²) in [5.41, 5.74) is 2.09. The van der Waals surface area contributed by atoms with Gasteiger partial charge in [0.2, 0.25) is 0 Å². The van der Waals surface area contributed by atoms with Crippen molar-refractivity contribution >= 4 is 26.8 Å². The van der Waals surface area contributed by atoms with Gasteiger partial charge >= 0.3 is 0 Å². The van der Waals surface area contributed by atoms with Gasteiger partial charge in [-0.15, -0.1) is 0 Å². The second-order valence-electron chi connectivity index (χ2n) is 5.21. The van der Waals surface area contributed by atoms with E-state index in [1.54, 1.807) is 0 Å². The second kappa shape index (κ2) is 4.99. The molecule has 3 rings (SSSR count). The average molecular weight is 319 g/mol. The molecule has 4 heteroatoms. The fourth-order valence-corrected chi connectivity index (χ4v) is 2.68. The first-order chi connectivity index (χ1) is 9.16. The molecule has 1 N–H and O–H groups in total. The molecule has 0 aliphatic carbocycles. The quantitative estimate of drug-likeness (QED) is 0.755. The summed E-state index contributed by atoms with van der Waals surface area (Å²) in [5.74, 6) is 6.72. The number of H-pyrrole nitrogens is 1. The van der Waals surface area contributed by atoms with Crippen LogP contribution in [-0.2, 0) is 4.74 Å². The van der Waals surface area contributed by atoms with Gasteiger partial charge in [-0.3, -0.25) is 5.10 Å². The Bertz CT molecular complexity index is 660. The minimum atomic E-state index is 0.0701. The first kappa shape index (κ1) is 12.7. The van der Waals surface area contributed by atoms with E-state index in [0.29, 0.717) is 0 Å². The van der Waals surface area contributed by atoms with Crippen molar-refractivity contribution in [3.05, 3.63) is 28.4 Å². The van der Waals surface area contributed by atoms with Crippen LogP contribution in [0, 0.1) is 17.3 Å². The molecule has 1 aliphatic heterocycles. The van der Waals surface area contributed by atoms with Crippen LogP contribution in [0.25, 0.3) is 10.9 Å². The molecule has 0 atom stereocenters. The number of nitrogens with zero attached hydrogens (tertiary/aromatic N) is 1. The predicted molar refractivity (Wildman–Crippen MR) is 78.8 cm³/mol. The molecular formula is C15H15BrN2O. The van der Waals surface area contributed by atoms with Gasteiger partial charge in [0.15, 0.2) is 0 Å². The van der Waals surface area contributed by atoms with Gasteiger partial charge in [-0.1, -0.05) is 11.8 Å². The Labute approximate surface area is 120 Å². The highest BCUT2D eigenvalue weighted by atomic mass is 79.9. The van der Waals surface area contributed by atoms with Gasteiger partial charge in [0, 0.05) is 34.1 Å². The Morgan fingerprint density at radius 1 is 1.37 bits per heavy atom. The molecule has 0 bridgehead atoms. The lowest BCUT2D eigenvalue weighted by atomic mass is 9.83. The van der Waals surface area contributed by atoms with E-state index in [1.807, 2.05) is 12.3 Å². The summed E-state index contributed by atoms with van der Waals surface area (Å²) in [6.07, 6.45) is 3.82. The van der Waals surface area contributed by atoms with Crippen molar-refractivity contribution in [3.8, 4) is 11.8 Å². The number of ether oxygens (including phenoxy) is 1. The molecule has 2 aromatic rings. The standard InChI is InChI=1S/C15H15BrN2O/c1-15(4-6-19-7-5-15)3-2-11-9-14-12(8-13(11)16)10-17-18-14/h8-10H,4-7H2,1H3,(H,17,18). The minimum Gasteiger partial charge on any atom is -0.381 e. The van der Waals surface area contributed by atoms with Crippen LogP contribution in [0.15, 0.2) is 22.8 Å². The number of hydrogen-bond donors (Lipinski definition) is 1. The highest BCUT2D eigenvalue weighted by Gasteiger charge is 2.24. The maximum absolute atomic E-state index is 5.40. The molecule has 19 heavy (non-hydrogen) atoms. The van der Waals surface area contributed by atoms with Crippen LogP contribution >= 0.6 is 15.9 Å². The average Bonchev–Trinajstić information content (AvgIpc) is 2.84. The Morgan fingerprint density at radius 2 is 2.16 bits per heavy atom. The topological polar surface area (TPSA) is 37.9 Å². The van der Waals surface area contributed by atoms with Gasteiger partial charge in [-0.05, 0) is 47.8 Å². The van der Waals surface area contributed by atoms with Gasteiger partial charge in [-0.2, -0.15) is 5.10 Å². The largest absolute Gasteiger partial charge is 0.381 e. The van der Waals surface area contributed by atoms with Crippen molar-refractivity contribution in [2.45, 2.75) is 19.8 Å². The first-order valence-corrected chi connectivity index (χ1v) is 7.19. The normalized spacial score (nSPS) is 18.0. The van der Waals surface area contributed by atoms with E-state index in [9.17, 15) is 0 Å². The van der Waals surface area contributed by atoms with E-state index in [-0.39, 0.29) is 5.41 Å². The van der Waals surface area contributed by atoms with Crippen LogP contribution in [0.1, 0.15) is 25.3 Å². The number of fused-ring (bicyclic) bond motifs is 1. The van der Waals surface area contributed by atoms with Crippen LogP contribution in [-0.4, -0.2) is 23.4 Å². The predicted octanol–water partition coefficient (Wildman–Crippen LogP) is 3.49. The smallest absolute Gasteiger partial charge is 0.0663 e. The molecule has 0 radical (unpaired) electrons. The van der Waals surface area contributed by atoms with E-state index in [4.69, 9.17) is 4.74 Å². The molecule has 1 aliphatic rings. The summed E-state index contributed by atoms with van der Waals surface area (Å²) in [7, 11) is 0. The Hall–Kier alpha value is -1.31. The Morgan fingerprint density at radius 3 is 2.95 bits per heavy atom. The molecule has 98 valence electrons. The van der Waals surface area contributed by atoms with Gasteiger partial charge in [-0.25, -0.2) is 0 Å². The van der Waals surface area contributed by atoms with E-state index >= 15 is 0 Å². The molecule has 3 nitrogen and oxygen atoms in total. The third-order valence-corrected chi connectivity index (χ3v) is 4.28. The highest BCUT2D eigenvalue weighted by Crippen LogP contribution is 2.29. The summed E-state index contributed by atoms with van der Waals surface area (Å²) < 4.78 is 6.42. The first-order valence-electron chi connectivity index (χ1n) is 6.40. The van der Waals surface area contributed by atoms with Crippen LogP contribution in [0.5, 0.6) is 0 Å². The zero-order valence-corrected chi connectivity index (χ0v) is 12.4. The molecule has 1 saturated heterocycles. The lowest BCUT2D eigenvalue weighted by Gasteiger charge is -2.28. The van der Waals surface area contributed by atoms with Crippen molar-refractivity contribution in [3.63, 3.8) is 0 Å². The van der Waals surface area contributed by atoms with Gasteiger partial charge in [0.05, 0.1) is 11.7 Å². The van der Waals surface area contributed by atoms with Gasteiger partial charge in [0.1, 0.15) is 0 Å². The van der Waals surface area contributed by atoms with E-state index in [0.717, 1.165) is 47.0 Å². The fraction of sp³-hybridized carbons (Fsp3) is 0.400. The van der Waals surface area contributed by atoms with Crippen LogP contribution in [0.2, 0.25) is 0 Å². The Balaban J connectivity index is 1.94. The second-order valence-corrected chi connectivity index (χ2v) is 6.07. The molecule has 1 aromatic heterocycles. The molecule has 2 heterocycles. The maximum atomic E-state index is 5.40. The fourth-order valence-electron chi connectivity index (χ4n) is 2.22. The lowest BCUT2D eigenvalue weighted by molar-refractivity contribution is 0.0487. The van der Waals surface area contributed by atoms with Crippen molar-refractivity contribution in [1.29, 1.82) is 0 Å². The zero-order valence-electron chi connectivity index (χ0n) is 10.8. The summed E-state index contributed by atoms with van der Waals surface area (Å²) in [6, 6.07) is 4.09. The number of aromatic nitrogens is 2. The summed E-state index contributed by atoms with van der Waals surface area (Å²) in [4.78, 5) is 0. The van der Waals surface area contributed by atoms with Crippen LogP contribution in [0.3, 0.4) is 0 Å². The zero-order chi connectivity index (χ0) is 13.3. The molecular weight excluding hydrogens is 304 g/mol. The third kappa shape index (κ3) is 2.68. The van der Waals surface area contributed by atoms with E-state index in [2.05, 4.69) is 51.0 Å². The highest BCUT2D eigenvalue weighted by molar-refractivity contribution is 9.10.